The number of benzene rings is 1. The molecule has 4 rings (SSSR count). The second-order valence-electron chi connectivity index (χ2n) is 10.0. The molecule has 29 heavy (non-hydrogen) atoms. The predicted molar refractivity (Wildman–Crippen MR) is 121 cm³/mol. The summed E-state index contributed by atoms with van der Waals surface area (Å²) in [7, 11) is 0. The summed E-state index contributed by atoms with van der Waals surface area (Å²) in [5.74, 6) is 4.86. The molecule has 2 saturated carbocycles. The highest BCUT2D eigenvalue weighted by atomic mass is 16.5. The van der Waals surface area contributed by atoms with Crippen LogP contribution < -0.4 is 4.74 Å². The Labute approximate surface area is 178 Å². The Morgan fingerprint density at radius 1 is 0.793 bits per heavy atom. The number of unbranched alkanes of at least 4 members (excludes halogenated alkanes) is 1. The van der Waals surface area contributed by atoms with Gasteiger partial charge in [-0.2, -0.15) is 0 Å². The Hall–Kier alpha value is -1.02. The van der Waals surface area contributed by atoms with Gasteiger partial charge in [0.05, 0.1) is 12.7 Å². The van der Waals surface area contributed by atoms with Crippen LogP contribution in [0.25, 0.3) is 0 Å². The van der Waals surface area contributed by atoms with Crippen LogP contribution in [0.2, 0.25) is 0 Å². The molecule has 2 heteroatoms. The molecule has 0 aliphatic heterocycles. The maximum Gasteiger partial charge on any atom is 0.119 e. The second kappa shape index (κ2) is 10.3. The van der Waals surface area contributed by atoms with Crippen LogP contribution in [0.15, 0.2) is 18.2 Å². The van der Waals surface area contributed by atoms with Crippen molar-refractivity contribution in [3.05, 3.63) is 29.3 Å². The number of fused-ring (bicyclic) bond motifs is 2. The third-order valence-corrected chi connectivity index (χ3v) is 8.04. The van der Waals surface area contributed by atoms with Gasteiger partial charge in [-0.25, -0.2) is 0 Å². The van der Waals surface area contributed by atoms with Crippen molar-refractivity contribution in [3.8, 4) is 5.75 Å². The lowest BCUT2D eigenvalue weighted by Gasteiger charge is -2.45. The number of hydrogen-bond donors (Lipinski definition) is 0. The third-order valence-electron chi connectivity index (χ3n) is 8.04. The molecule has 0 aromatic heterocycles. The average molecular weight is 399 g/mol. The van der Waals surface area contributed by atoms with Crippen molar-refractivity contribution in [1.82, 2.24) is 0 Å². The summed E-state index contributed by atoms with van der Waals surface area (Å²) in [6.07, 6.45) is 16.5. The topological polar surface area (TPSA) is 18.5 Å². The van der Waals surface area contributed by atoms with Crippen LogP contribution in [0.3, 0.4) is 0 Å². The maximum atomic E-state index is 6.18. The van der Waals surface area contributed by atoms with Gasteiger partial charge in [0.2, 0.25) is 0 Å². The van der Waals surface area contributed by atoms with Gasteiger partial charge in [0, 0.05) is 6.61 Å². The number of hydrogen-bond acceptors (Lipinski definition) is 2. The van der Waals surface area contributed by atoms with Gasteiger partial charge in [0.25, 0.3) is 0 Å². The largest absolute Gasteiger partial charge is 0.494 e. The summed E-state index contributed by atoms with van der Waals surface area (Å²) < 4.78 is 12.0. The quantitative estimate of drug-likeness (QED) is 0.440. The minimum Gasteiger partial charge on any atom is -0.494 e. The molecule has 0 N–H and O–H groups in total. The zero-order valence-corrected chi connectivity index (χ0v) is 18.8. The van der Waals surface area contributed by atoms with Crippen LogP contribution in [-0.2, 0) is 17.6 Å². The highest BCUT2D eigenvalue weighted by Crippen LogP contribution is 2.47. The lowest BCUT2D eigenvalue weighted by molar-refractivity contribution is -0.0247. The highest BCUT2D eigenvalue weighted by Gasteiger charge is 2.38. The van der Waals surface area contributed by atoms with Crippen LogP contribution in [0.4, 0.5) is 0 Å². The van der Waals surface area contributed by atoms with Gasteiger partial charge in [-0.1, -0.05) is 26.3 Å². The summed E-state index contributed by atoms with van der Waals surface area (Å²) in [5.41, 5.74) is 3.15. The van der Waals surface area contributed by atoms with E-state index in [-0.39, 0.29) is 0 Å². The first-order valence-corrected chi connectivity index (χ1v) is 12.6. The van der Waals surface area contributed by atoms with Gasteiger partial charge in [0.15, 0.2) is 0 Å². The summed E-state index contributed by atoms with van der Waals surface area (Å²) in [6, 6.07) is 6.88. The zero-order valence-electron chi connectivity index (χ0n) is 18.8. The molecule has 0 spiro atoms. The minimum absolute atomic E-state index is 0.560. The smallest absolute Gasteiger partial charge is 0.119 e. The van der Waals surface area contributed by atoms with E-state index in [1.807, 2.05) is 0 Å². The number of rotatable bonds is 8. The molecule has 162 valence electrons. The molecule has 0 bridgehead atoms. The van der Waals surface area contributed by atoms with E-state index in [0.717, 1.165) is 49.1 Å². The zero-order chi connectivity index (χ0) is 20.1. The monoisotopic (exact) mass is 398 g/mol. The van der Waals surface area contributed by atoms with Gasteiger partial charge in [0.1, 0.15) is 5.75 Å². The molecule has 2 fully saturated rings. The van der Waals surface area contributed by atoms with Gasteiger partial charge in [-0.05, 0) is 118 Å². The van der Waals surface area contributed by atoms with Gasteiger partial charge in [-0.15, -0.1) is 0 Å². The van der Waals surface area contributed by atoms with E-state index in [2.05, 4.69) is 32.0 Å². The van der Waals surface area contributed by atoms with E-state index in [4.69, 9.17) is 9.47 Å². The van der Waals surface area contributed by atoms with Gasteiger partial charge >= 0.3 is 0 Å². The molecular formula is C27H42O2. The first kappa shape index (κ1) is 21.2. The minimum atomic E-state index is 0.560. The van der Waals surface area contributed by atoms with Crippen molar-refractivity contribution < 1.29 is 9.47 Å². The molecule has 0 heterocycles. The third kappa shape index (κ3) is 5.37. The van der Waals surface area contributed by atoms with Gasteiger partial charge < -0.3 is 9.47 Å². The molecule has 2 nitrogen and oxygen atoms in total. The molecule has 3 aliphatic carbocycles. The Bertz CT molecular complexity index is 639. The van der Waals surface area contributed by atoms with E-state index in [9.17, 15) is 0 Å². The fraction of sp³-hybridized carbons (Fsp3) is 0.778. The van der Waals surface area contributed by atoms with Crippen LogP contribution in [0.1, 0.15) is 89.2 Å². The molecule has 3 unspecified atom stereocenters. The molecule has 0 radical (unpaired) electrons. The highest BCUT2D eigenvalue weighted by molar-refractivity contribution is 5.37. The van der Waals surface area contributed by atoms with E-state index in [1.165, 1.54) is 70.6 Å². The van der Waals surface area contributed by atoms with E-state index < -0.39 is 0 Å². The van der Waals surface area contributed by atoms with Gasteiger partial charge in [-0.3, -0.25) is 0 Å². The average Bonchev–Trinajstić information content (AvgIpc) is 2.77. The Morgan fingerprint density at radius 2 is 1.59 bits per heavy atom. The predicted octanol–water partition coefficient (Wildman–Crippen LogP) is 6.98. The molecule has 1 aromatic carbocycles. The Morgan fingerprint density at radius 3 is 2.41 bits per heavy atom. The first-order chi connectivity index (χ1) is 14.3. The maximum absolute atomic E-state index is 6.18. The van der Waals surface area contributed by atoms with Crippen molar-refractivity contribution in [3.63, 3.8) is 0 Å². The molecule has 3 aliphatic rings. The van der Waals surface area contributed by atoms with Crippen molar-refractivity contribution in [1.29, 1.82) is 0 Å². The van der Waals surface area contributed by atoms with Crippen molar-refractivity contribution in [2.24, 2.45) is 23.7 Å². The summed E-state index contributed by atoms with van der Waals surface area (Å²) in [4.78, 5) is 0. The van der Waals surface area contributed by atoms with Crippen LogP contribution >= 0.6 is 0 Å². The lowest BCUT2D eigenvalue weighted by atomic mass is 9.62. The van der Waals surface area contributed by atoms with E-state index in [0.29, 0.717) is 6.10 Å². The SMILES string of the molecule is CCCCO[C@@H]1CC[C@@H]2CC(C3CCc4cc(OCCC)ccc4C3)CCC2C1. The normalized spacial score (nSPS) is 31.7. The van der Waals surface area contributed by atoms with Crippen molar-refractivity contribution in [2.75, 3.05) is 13.2 Å². The number of aryl methyl sites for hydroxylation is 1. The van der Waals surface area contributed by atoms with Crippen molar-refractivity contribution >= 4 is 0 Å². The number of ether oxygens (including phenoxy) is 2. The summed E-state index contributed by atoms with van der Waals surface area (Å²) in [6.45, 7) is 6.23. The molecule has 5 atom stereocenters. The summed E-state index contributed by atoms with van der Waals surface area (Å²) >= 11 is 0. The lowest BCUT2D eigenvalue weighted by Crippen LogP contribution is -2.37. The summed E-state index contributed by atoms with van der Waals surface area (Å²) in [5, 5.41) is 0. The van der Waals surface area contributed by atoms with Crippen molar-refractivity contribution in [2.45, 2.75) is 97.0 Å². The van der Waals surface area contributed by atoms with Crippen LogP contribution in [0.5, 0.6) is 5.75 Å². The fourth-order valence-corrected chi connectivity index (χ4v) is 6.33. The molecule has 0 saturated heterocycles. The molecular weight excluding hydrogens is 356 g/mol. The van der Waals surface area contributed by atoms with Crippen LogP contribution in [0, 0.1) is 23.7 Å². The second-order valence-corrected chi connectivity index (χ2v) is 10.0. The molecule has 1 aromatic rings. The van der Waals surface area contributed by atoms with Crippen LogP contribution in [-0.4, -0.2) is 19.3 Å². The standard InChI is InChI=1S/C27H42O2/c1-3-5-15-29-27-13-11-23-17-21(7-9-25(23)19-27)20-6-8-24-18-26(28-14-4-2)12-10-22(24)16-20/h10,12,18,20-21,23,25,27H,3-9,11,13-17,19H2,1-2H3/t20?,21?,23-,25?,27-/m1/s1. The van der Waals surface area contributed by atoms with E-state index >= 15 is 0 Å². The van der Waals surface area contributed by atoms with E-state index in [1.54, 1.807) is 11.1 Å². The first-order valence-electron chi connectivity index (χ1n) is 12.6. The molecule has 0 amide bonds. The Balaban J connectivity index is 1.28. The fourth-order valence-electron chi connectivity index (χ4n) is 6.33. The Kier molecular flexibility index (Phi) is 7.56.